The fraction of sp³-hybridized carbons (Fsp3) is 0.438. The van der Waals surface area contributed by atoms with Gasteiger partial charge in [0.05, 0.1) is 11.6 Å². The summed E-state index contributed by atoms with van der Waals surface area (Å²) in [5.41, 5.74) is 0. The first-order valence-electron chi connectivity index (χ1n) is 7.40. The maximum atomic E-state index is 12.1. The standard InChI is InChI=1S/C16H19ClN2OS/c17-16-12-6-2-3-7-13(12)21-14(16)10-18-11-15(20)19-8-4-1-5-9-19/h2-3,6-7,18H,1,4-5,8-11H2. The molecule has 5 heteroatoms. The van der Waals surface area contributed by atoms with Crippen molar-refractivity contribution in [2.24, 2.45) is 0 Å². The summed E-state index contributed by atoms with van der Waals surface area (Å²) in [5.74, 6) is 0.201. The van der Waals surface area contributed by atoms with Crippen molar-refractivity contribution >= 4 is 38.9 Å². The highest BCUT2D eigenvalue weighted by atomic mass is 35.5. The van der Waals surface area contributed by atoms with Gasteiger partial charge in [0.15, 0.2) is 0 Å². The van der Waals surface area contributed by atoms with Gasteiger partial charge in [-0.2, -0.15) is 0 Å². The molecule has 0 atom stereocenters. The third kappa shape index (κ3) is 3.39. The van der Waals surface area contributed by atoms with Gasteiger partial charge in [-0.05, 0) is 25.3 Å². The number of benzene rings is 1. The minimum Gasteiger partial charge on any atom is -0.342 e. The molecule has 112 valence electrons. The summed E-state index contributed by atoms with van der Waals surface area (Å²) in [7, 11) is 0. The molecule has 1 N–H and O–H groups in total. The Morgan fingerprint density at radius 3 is 2.76 bits per heavy atom. The van der Waals surface area contributed by atoms with Crippen LogP contribution in [-0.2, 0) is 11.3 Å². The molecule has 1 aliphatic heterocycles. The van der Waals surface area contributed by atoms with E-state index in [0.717, 1.165) is 41.2 Å². The Morgan fingerprint density at radius 2 is 2.00 bits per heavy atom. The quantitative estimate of drug-likeness (QED) is 0.931. The zero-order valence-corrected chi connectivity index (χ0v) is 13.5. The zero-order chi connectivity index (χ0) is 14.7. The maximum absolute atomic E-state index is 12.1. The molecule has 1 aliphatic rings. The Bertz CT molecular complexity index is 634. The number of piperidine rings is 1. The number of nitrogens with one attached hydrogen (secondary N) is 1. The van der Waals surface area contributed by atoms with Gasteiger partial charge in [0.2, 0.25) is 5.91 Å². The molecule has 0 aliphatic carbocycles. The van der Waals surface area contributed by atoms with Crippen LogP contribution in [0.25, 0.3) is 10.1 Å². The second-order valence-electron chi connectivity index (χ2n) is 5.38. The van der Waals surface area contributed by atoms with Crippen LogP contribution in [0, 0.1) is 0 Å². The fourth-order valence-corrected chi connectivity index (χ4v) is 4.19. The lowest BCUT2D eigenvalue weighted by Gasteiger charge is -2.26. The molecule has 1 aromatic carbocycles. The van der Waals surface area contributed by atoms with Gasteiger partial charge in [0.25, 0.3) is 0 Å². The molecule has 3 rings (SSSR count). The molecular formula is C16H19ClN2OS. The Kier molecular flexibility index (Phi) is 4.78. The number of carbonyl (C=O) groups excluding carboxylic acids is 1. The molecule has 1 amide bonds. The Labute approximate surface area is 133 Å². The summed E-state index contributed by atoms with van der Waals surface area (Å²) in [6, 6.07) is 8.13. The summed E-state index contributed by atoms with van der Waals surface area (Å²) in [4.78, 5) is 15.1. The maximum Gasteiger partial charge on any atom is 0.236 e. The fourth-order valence-electron chi connectivity index (χ4n) is 2.72. The SMILES string of the molecule is O=C(CNCc1sc2ccccc2c1Cl)N1CCCCC1. The summed E-state index contributed by atoms with van der Waals surface area (Å²) in [6.07, 6.45) is 3.51. The van der Waals surface area contributed by atoms with E-state index in [1.54, 1.807) is 11.3 Å². The van der Waals surface area contributed by atoms with Crippen molar-refractivity contribution in [3.63, 3.8) is 0 Å². The van der Waals surface area contributed by atoms with E-state index in [1.165, 1.54) is 11.1 Å². The molecule has 0 radical (unpaired) electrons. The van der Waals surface area contributed by atoms with Crippen LogP contribution in [0.2, 0.25) is 5.02 Å². The van der Waals surface area contributed by atoms with Crippen LogP contribution in [0.3, 0.4) is 0 Å². The molecule has 1 aromatic heterocycles. The van der Waals surface area contributed by atoms with Crippen molar-refractivity contribution in [3.05, 3.63) is 34.2 Å². The molecule has 1 saturated heterocycles. The number of nitrogens with zero attached hydrogens (tertiary/aromatic N) is 1. The van der Waals surface area contributed by atoms with Gasteiger partial charge in [-0.25, -0.2) is 0 Å². The normalized spacial score (nSPS) is 15.6. The molecule has 2 aromatic rings. The van der Waals surface area contributed by atoms with Gasteiger partial charge in [-0.1, -0.05) is 29.8 Å². The number of hydrogen-bond donors (Lipinski definition) is 1. The number of halogens is 1. The number of amides is 1. The number of rotatable bonds is 4. The molecular weight excluding hydrogens is 304 g/mol. The van der Waals surface area contributed by atoms with Crippen molar-refractivity contribution in [1.82, 2.24) is 10.2 Å². The van der Waals surface area contributed by atoms with Crippen LogP contribution in [0.15, 0.2) is 24.3 Å². The van der Waals surface area contributed by atoms with E-state index in [4.69, 9.17) is 11.6 Å². The molecule has 0 unspecified atom stereocenters. The lowest BCUT2D eigenvalue weighted by atomic mass is 10.1. The van der Waals surface area contributed by atoms with Crippen molar-refractivity contribution in [2.45, 2.75) is 25.8 Å². The zero-order valence-electron chi connectivity index (χ0n) is 11.9. The number of carbonyl (C=O) groups is 1. The molecule has 2 heterocycles. The minimum absolute atomic E-state index is 0.201. The van der Waals surface area contributed by atoms with E-state index in [-0.39, 0.29) is 5.91 Å². The molecule has 0 saturated carbocycles. The van der Waals surface area contributed by atoms with E-state index >= 15 is 0 Å². The van der Waals surface area contributed by atoms with Gasteiger partial charge in [0, 0.05) is 34.6 Å². The average Bonchev–Trinajstić information content (AvgIpc) is 2.85. The second-order valence-corrected chi connectivity index (χ2v) is 6.90. The summed E-state index contributed by atoms with van der Waals surface area (Å²) in [5, 5.41) is 5.15. The highest BCUT2D eigenvalue weighted by Gasteiger charge is 2.16. The minimum atomic E-state index is 0.201. The Morgan fingerprint density at radius 1 is 1.24 bits per heavy atom. The van der Waals surface area contributed by atoms with Crippen molar-refractivity contribution in [3.8, 4) is 0 Å². The summed E-state index contributed by atoms with van der Waals surface area (Å²) >= 11 is 8.09. The predicted molar refractivity (Wildman–Crippen MR) is 89.0 cm³/mol. The van der Waals surface area contributed by atoms with Gasteiger partial charge in [-0.3, -0.25) is 4.79 Å². The summed E-state index contributed by atoms with van der Waals surface area (Å²) < 4.78 is 1.20. The van der Waals surface area contributed by atoms with E-state index in [0.29, 0.717) is 13.1 Å². The first-order chi connectivity index (χ1) is 10.3. The number of fused-ring (bicyclic) bond motifs is 1. The second kappa shape index (κ2) is 6.77. The van der Waals surface area contributed by atoms with Crippen molar-refractivity contribution < 1.29 is 4.79 Å². The van der Waals surface area contributed by atoms with Crippen LogP contribution >= 0.6 is 22.9 Å². The molecule has 1 fully saturated rings. The van der Waals surface area contributed by atoms with E-state index in [9.17, 15) is 4.79 Å². The largest absolute Gasteiger partial charge is 0.342 e. The average molecular weight is 323 g/mol. The van der Waals surface area contributed by atoms with E-state index in [1.807, 2.05) is 23.1 Å². The number of likely N-dealkylation sites (tertiary alicyclic amines) is 1. The van der Waals surface area contributed by atoms with E-state index in [2.05, 4.69) is 11.4 Å². The molecule has 21 heavy (non-hydrogen) atoms. The highest BCUT2D eigenvalue weighted by molar-refractivity contribution is 7.19. The van der Waals surface area contributed by atoms with Crippen LogP contribution in [-0.4, -0.2) is 30.4 Å². The lowest BCUT2D eigenvalue weighted by Crippen LogP contribution is -2.40. The Balaban J connectivity index is 1.56. The van der Waals surface area contributed by atoms with Crippen LogP contribution in [0.4, 0.5) is 0 Å². The smallest absolute Gasteiger partial charge is 0.236 e. The van der Waals surface area contributed by atoms with Crippen LogP contribution in [0.5, 0.6) is 0 Å². The van der Waals surface area contributed by atoms with Crippen LogP contribution < -0.4 is 5.32 Å². The highest BCUT2D eigenvalue weighted by Crippen LogP contribution is 2.34. The Hall–Kier alpha value is -1.10. The van der Waals surface area contributed by atoms with Crippen molar-refractivity contribution in [1.29, 1.82) is 0 Å². The third-order valence-corrected chi connectivity index (χ3v) is 5.59. The number of thiophene rings is 1. The van der Waals surface area contributed by atoms with Gasteiger partial charge < -0.3 is 10.2 Å². The van der Waals surface area contributed by atoms with Gasteiger partial charge >= 0.3 is 0 Å². The lowest BCUT2D eigenvalue weighted by molar-refractivity contribution is -0.131. The van der Waals surface area contributed by atoms with Crippen molar-refractivity contribution in [2.75, 3.05) is 19.6 Å². The first kappa shape index (κ1) is 14.8. The molecule has 3 nitrogen and oxygen atoms in total. The van der Waals surface area contributed by atoms with E-state index < -0.39 is 0 Å². The summed E-state index contributed by atoms with van der Waals surface area (Å²) in [6.45, 7) is 2.86. The predicted octanol–water partition coefficient (Wildman–Crippen LogP) is 3.66. The number of hydrogen-bond acceptors (Lipinski definition) is 3. The molecule has 0 bridgehead atoms. The topological polar surface area (TPSA) is 32.3 Å². The third-order valence-electron chi connectivity index (χ3n) is 3.87. The van der Waals surface area contributed by atoms with Gasteiger partial charge in [0.1, 0.15) is 0 Å². The van der Waals surface area contributed by atoms with Crippen LogP contribution in [0.1, 0.15) is 24.1 Å². The first-order valence-corrected chi connectivity index (χ1v) is 8.59. The monoisotopic (exact) mass is 322 g/mol. The van der Waals surface area contributed by atoms with Gasteiger partial charge in [-0.15, -0.1) is 11.3 Å². The molecule has 0 spiro atoms.